The van der Waals surface area contributed by atoms with Gasteiger partial charge >= 0.3 is 11.1 Å². The van der Waals surface area contributed by atoms with Crippen molar-refractivity contribution in [1.29, 1.82) is 0 Å². The summed E-state index contributed by atoms with van der Waals surface area (Å²) in [4.78, 5) is 11.6. The minimum Gasteiger partial charge on any atom is -0.480 e. The molecule has 2 aromatic carbocycles. The molecular weight excluding hydrogens is 497 g/mol. The van der Waals surface area contributed by atoms with Crippen LogP contribution in [-0.4, -0.2) is 44.8 Å². The van der Waals surface area contributed by atoms with Gasteiger partial charge in [0.15, 0.2) is 0 Å². The SMILES string of the molecule is CS/C([SH2+])=N/N=C/C(=N/N=C(\[SH2+])NC(Cc1ccccc1)C(=O)O)c1ccccc1.[Ni]. The standard InChI is InChI=1S/C20H21N5O2S3.Ni/c1-30-20(29)25-21-13-17(15-10-6-3-7-11-15)23-24-19(28)22-16(18(26)27)12-14-8-4-2-5-9-14;/h2-11,13,16H,12H2,1H3,(H,25,29)(H,26,27)(H2,22,24,28);/p+2/b21-13+,23-17-;. The van der Waals surface area contributed by atoms with Crippen LogP contribution in [0.5, 0.6) is 0 Å². The van der Waals surface area contributed by atoms with E-state index >= 15 is 0 Å². The van der Waals surface area contributed by atoms with E-state index in [4.69, 9.17) is 0 Å². The summed E-state index contributed by atoms with van der Waals surface area (Å²) in [5.41, 5.74) is 2.15. The van der Waals surface area contributed by atoms with Crippen LogP contribution in [0, 0.1) is 0 Å². The molecular formula is C20H23N5NiO2S3+2. The molecule has 11 heteroatoms. The molecule has 0 spiro atoms. The first-order valence-electron chi connectivity index (χ1n) is 8.82. The molecule has 0 amide bonds. The number of carbonyl (C=O) groups is 1. The predicted octanol–water partition coefficient (Wildman–Crippen LogP) is 1.76. The normalized spacial score (nSPS) is 13.6. The Bertz CT molecular complexity index is 954. The van der Waals surface area contributed by atoms with Gasteiger partial charge in [-0.1, -0.05) is 82.6 Å². The second-order valence-electron chi connectivity index (χ2n) is 5.88. The van der Waals surface area contributed by atoms with Crippen LogP contribution in [0.1, 0.15) is 11.1 Å². The Morgan fingerprint density at radius 2 is 1.68 bits per heavy atom. The first-order valence-corrected chi connectivity index (χ1v) is 11.0. The Morgan fingerprint density at radius 1 is 1.06 bits per heavy atom. The van der Waals surface area contributed by atoms with Gasteiger partial charge in [0.1, 0.15) is 11.8 Å². The van der Waals surface area contributed by atoms with Crippen LogP contribution in [-0.2, 0) is 53.0 Å². The van der Waals surface area contributed by atoms with Crippen LogP contribution < -0.4 is 5.32 Å². The van der Waals surface area contributed by atoms with Gasteiger partial charge in [0.05, 0.1) is 6.21 Å². The zero-order valence-corrected chi connectivity index (χ0v) is 20.3. The summed E-state index contributed by atoms with van der Waals surface area (Å²) < 4.78 is 0.620. The first-order chi connectivity index (χ1) is 14.5. The summed E-state index contributed by atoms with van der Waals surface area (Å²) in [5, 5.41) is 28.8. The smallest absolute Gasteiger partial charge is 0.333 e. The van der Waals surface area contributed by atoms with Crippen LogP contribution in [0.4, 0.5) is 0 Å². The average Bonchev–Trinajstić information content (AvgIpc) is 2.76. The fourth-order valence-electron chi connectivity index (χ4n) is 2.29. The summed E-state index contributed by atoms with van der Waals surface area (Å²) in [6.07, 6.45) is 3.65. The van der Waals surface area contributed by atoms with E-state index in [1.807, 2.05) is 66.9 Å². The maximum atomic E-state index is 11.6. The fourth-order valence-corrected chi connectivity index (χ4v) is 2.70. The average molecular weight is 520 g/mol. The fraction of sp³-hybridized carbons (Fsp3) is 0.150. The summed E-state index contributed by atoms with van der Waals surface area (Å²) in [6.45, 7) is 0. The zero-order valence-electron chi connectivity index (χ0n) is 16.5. The number of rotatable bonds is 8. The Balaban J connectivity index is 0.00000480. The van der Waals surface area contributed by atoms with Crippen LogP contribution in [0.15, 0.2) is 81.1 Å². The number of nitrogens with zero attached hydrogens (tertiary/aromatic N) is 4. The van der Waals surface area contributed by atoms with Crippen molar-refractivity contribution >= 4 is 64.5 Å². The van der Waals surface area contributed by atoms with Gasteiger partial charge in [0, 0.05) is 53.7 Å². The molecule has 0 aliphatic carbocycles. The van der Waals surface area contributed by atoms with Crippen molar-refractivity contribution in [3.63, 3.8) is 0 Å². The van der Waals surface area contributed by atoms with Gasteiger partial charge in [0.25, 0.3) is 4.38 Å². The maximum absolute atomic E-state index is 11.6. The number of carboxylic acid groups (broad SMARTS) is 1. The minimum atomic E-state index is -0.991. The van der Waals surface area contributed by atoms with Gasteiger partial charge in [-0.05, 0) is 11.8 Å². The molecule has 0 fully saturated rings. The summed E-state index contributed by atoms with van der Waals surface area (Å²) >= 11 is 8.04. The number of carboxylic acids is 1. The van der Waals surface area contributed by atoms with Gasteiger partial charge in [-0.15, -0.1) is 5.10 Å². The van der Waals surface area contributed by atoms with E-state index in [1.54, 1.807) is 0 Å². The largest absolute Gasteiger partial charge is 0.480 e. The third-order valence-electron chi connectivity index (χ3n) is 3.74. The minimum absolute atomic E-state index is 0. The van der Waals surface area contributed by atoms with Crippen LogP contribution in [0.25, 0.3) is 0 Å². The molecule has 0 saturated heterocycles. The number of thioether (sulfide) groups is 1. The van der Waals surface area contributed by atoms with Crippen LogP contribution in [0.3, 0.4) is 0 Å². The van der Waals surface area contributed by atoms with E-state index in [-0.39, 0.29) is 21.7 Å². The topological polar surface area (TPSA) is 98.8 Å². The van der Waals surface area contributed by atoms with Crippen molar-refractivity contribution in [1.82, 2.24) is 5.32 Å². The quantitative estimate of drug-likeness (QED) is 0.182. The predicted molar refractivity (Wildman–Crippen MR) is 135 cm³/mol. The molecule has 2 rings (SSSR count). The molecule has 31 heavy (non-hydrogen) atoms. The van der Waals surface area contributed by atoms with E-state index in [1.165, 1.54) is 18.0 Å². The number of hydrogen-bond acceptors (Lipinski definition) is 6. The molecule has 1 unspecified atom stereocenters. The molecule has 0 bridgehead atoms. The Morgan fingerprint density at radius 3 is 2.26 bits per heavy atom. The molecule has 0 aromatic heterocycles. The Labute approximate surface area is 206 Å². The van der Waals surface area contributed by atoms with E-state index in [2.05, 4.69) is 51.0 Å². The van der Waals surface area contributed by atoms with Gasteiger partial charge < -0.3 is 10.4 Å². The molecule has 7 nitrogen and oxygen atoms in total. The van der Waals surface area contributed by atoms with Gasteiger partial charge in [-0.2, -0.15) is 5.10 Å². The zero-order chi connectivity index (χ0) is 21.8. The Hall–Kier alpha value is -2.07. The number of nitrogens with one attached hydrogen (secondary N) is 1. The first kappa shape index (κ1) is 27.0. The van der Waals surface area contributed by atoms with Gasteiger partial charge in [-0.25, -0.2) is 4.79 Å². The Kier molecular flexibility index (Phi) is 12.9. The summed E-state index contributed by atoms with van der Waals surface area (Å²) in [6, 6.07) is 17.9. The van der Waals surface area contributed by atoms with E-state index < -0.39 is 12.0 Å². The summed E-state index contributed by atoms with van der Waals surface area (Å²) in [7, 11) is 0. The number of benzene rings is 2. The molecule has 2 N–H and O–H groups in total. The number of aliphatic carboxylic acids is 1. The molecule has 2 aromatic rings. The van der Waals surface area contributed by atoms with Crippen LogP contribution >= 0.6 is 11.8 Å². The molecule has 0 aliphatic heterocycles. The second kappa shape index (κ2) is 14.9. The molecule has 166 valence electrons. The van der Waals surface area contributed by atoms with Gasteiger partial charge in [0.2, 0.25) is 0 Å². The summed E-state index contributed by atoms with van der Waals surface area (Å²) in [5.74, 6) is -0.991. The third kappa shape index (κ3) is 10.2. The maximum Gasteiger partial charge on any atom is 0.333 e. The molecule has 0 saturated carbocycles. The molecule has 0 aliphatic rings. The van der Waals surface area contributed by atoms with E-state index in [9.17, 15) is 9.90 Å². The third-order valence-corrected chi connectivity index (χ3v) is 5.17. The van der Waals surface area contributed by atoms with Crippen molar-refractivity contribution < 1.29 is 26.4 Å². The van der Waals surface area contributed by atoms with E-state index in [0.29, 0.717) is 16.5 Å². The van der Waals surface area contributed by atoms with Crippen LogP contribution in [0.2, 0.25) is 0 Å². The van der Waals surface area contributed by atoms with Crippen molar-refractivity contribution in [3.05, 3.63) is 71.8 Å². The molecule has 0 radical (unpaired) electrons. The molecule has 0 heterocycles. The second-order valence-corrected chi connectivity index (χ2v) is 7.98. The van der Waals surface area contributed by atoms with Gasteiger partial charge in [-0.3, -0.25) is 0 Å². The monoisotopic (exact) mass is 519 g/mol. The van der Waals surface area contributed by atoms with Crippen molar-refractivity contribution in [3.8, 4) is 0 Å². The number of amidine groups is 1. The van der Waals surface area contributed by atoms with E-state index in [0.717, 1.165) is 11.1 Å². The van der Waals surface area contributed by atoms with Crippen molar-refractivity contribution in [2.24, 2.45) is 20.4 Å². The molecule has 1 atom stereocenters. The number of hydrogen-bond donors (Lipinski definition) is 2. The van der Waals surface area contributed by atoms with Crippen molar-refractivity contribution in [2.75, 3.05) is 6.26 Å². The van der Waals surface area contributed by atoms with Crippen molar-refractivity contribution in [2.45, 2.75) is 12.5 Å².